The molecule has 2 fully saturated rings. The molecule has 9 heteroatoms. The molecule has 0 saturated carbocycles. The van der Waals surface area contributed by atoms with Crippen LogP contribution in [0.4, 0.5) is 0 Å². The van der Waals surface area contributed by atoms with Crippen LogP contribution in [0.2, 0.25) is 0 Å². The molecule has 0 unspecified atom stereocenters. The number of amides is 1. The number of aliphatic hydroxyl groups excluding tert-OH is 2. The maximum absolute atomic E-state index is 12.3. The fourth-order valence-electron chi connectivity index (χ4n) is 5.92. The van der Waals surface area contributed by atoms with E-state index in [1.807, 2.05) is 66.7 Å². The molecule has 6 atom stereocenters. The summed E-state index contributed by atoms with van der Waals surface area (Å²) in [5.41, 5.74) is 5.65. The molecule has 0 spiro atoms. The molecule has 3 aromatic rings. The van der Waals surface area contributed by atoms with Gasteiger partial charge in [-0.2, -0.15) is 0 Å². The second-order valence-electron chi connectivity index (χ2n) is 11.8. The van der Waals surface area contributed by atoms with Crippen LogP contribution in [0.5, 0.6) is 0 Å². The van der Waals surface area contributed by atoms with E-state index in [0.29, 0.717) is 19.6 Å². The van der Waals surface area contributed by atoms with E-state index < -0.39 is 18.4 Å². The molecule has 2 heterocycles. The first-order valence-corrected chi connectivity index (χ1v) is 15.3. The molecule has 5 rings (SSSR count). The van der Waals surface area contributed by atoms with E-state index in [0.717, 1.165) is 46.3 Å². The Labute approximate surface area is 258 Å². The number of carbonyl (C=O) groups is 2. The van der Waals surface area contributed by atoms with Crippen molar-refractivity contribution in [2.75, 3.05) is 19.6 Å². The minimum absolute atomic E-state index is 0.0131. The van der Waals surface area contributed by atoms with Crippen LogP contribution in [0, 0.1) is 5.92 Å². The lowest BCUT2D eigenvalue weighted by Gasteiger charge is -2.42. The molecule has 2 aliphatic rings. The van der Waals surface area contributed by atoms with Crippen molar-refractivity contribution >= 4 is 11.9 Å². The van der Waals surface area contributed by atoms with E-state index in [9.17, 15) is 19.8 Å². The highest BCUT2D eigenvalue weighted by Crippen LogP contribution is 2.42. The predicted molar refractivity (Wildman–Crippen MR) is 165 cm³/mol. The lowest BCUT2D eigenvalue weighted by atomic mass is 9.90. The number of aliphatic hydroxyl groups is 2. The quantitative estimate of drug-likeness (QED) is 0.295. The molecule has 0 aliphatic carbocycles. The highest BCUT2D eigenvalue weighted by molar-refractivity contribution is 5.82. The van der Waals surface area contributed by atoms with Crippen molar-refractivity contribution in [3.63, 3.8) is 0 Å². The summed E-state index contributed by atoms with van der Waals surface area (Å²) in [5.74, 6) is -0.795. The zero-order chi connectivity index (χ0) is 31.2. The smallest absolute Gasteiger partial charge is 0.303 e. The van der Waals surface area contributed by atoms with Crippen LogP contribution < -0.4 is 5.32 Å². The molecule has 1 amide bonds. The fraction of sp³-hybridized carbons (Fsp3) is 0.429. The standard InChI is InChI=1S/C35H42N2O7/c1-22-32(20-37-15-14-31(40)19-37)43-35(44-33(22)27-12-10-25(21-38)11-13-27)30-9-5-8-29(17-30)28-7-4-6-26(16-28)18-36-34(41)23(2)42-24(3)39/h4-13,16-17,22-23,31-33,35,38,40H,14-15,18-21H2,1-3H3,(H,36,41)/t22-,23+,31+,32+,33+,35+/m1/s1. The van der Waals surface area contributed by atoms with Gasteiger partial charge in [0.25, 0.3) is 5.91 Å². The van der Waals surface area contributed by atoms with Crippen LogP contribution in [-0.4, -0.2) is 64.9 Å². The third-order valence-electron chi connectivity index (χ3n) is 8.41. The second-order valence-corrected chi connectivity index (χ2v) is 11.8. The van der Waals surface area contributed by atoms with Gasteiger partial charge in [0.2, 0.25) is 0 Å². The number of benzene rings is 3. The van der Waals surface area contributed by atoms with Crippen molar-refractivity contribution < 1.29 is 34.0 Å². The minimum atomic E-state index is -0.860. The summed E-state index contributed by atoms with van der Waals surface area (Å²) in [6.45, 7) is 7.43. The lowest BCUT2D eigenvalue weighted by molar-refractivity contribution is -0.276. The minimum Gasteiger partial charge on any atom is -0.453 e. The molecular formula is C35H42N2O7. The molecule has 0 bridgehead atoms. The molecule has 44 heavy (non-hydrogen) atoms. The van der Waals surface area contributed by atoms with E-state index in [2.05, 4.69) is 23.2 Å². The number of hydrogen-bond donors (Lipinski definition) is 3. The monoisotopic (exact) mass is 602 g/mol. The van der Waals surface area contributed by atoms with E-state index in [4.69, 9.17) is 14.2 Å². The Hall–Kier alpha value is -3.60. The third-order valence-corrected chi connectivity index (χ3v) is 8.41. The summed E-state index contributed by atoms with van der Waals surface area (Å²) >= 11 is 0. The van der Waals surface area contributed by atoms with Gasteiger partial charge in [0.15, 0.2) is 12.4 Å². The lowest BCUT2D eigenvalue weighted by Crippen LogP contribution is -2.44. The number of hydrogen-bond acceptors (Lipinski definition) is 8. The largest absolute Gasteiger partial charge is 0.453 e. The number of likely N-dealkylation sites (tertiary alicyclic amines) is 1. The zero-order valence-corrected chi connectivity index (χ0v) is 25.5. The van der Waals surface area contributed by atoms with Gasteiger partial charge in [-0.15, -0.1) is 0 Å². The fourth-order valence-corrected chi connectivity index (χ4v) is 5.92. The van der Waals surface area contributed by atoms with Gasteiger partial charge < -0.3 is 29.7 Å². The van der Waals surface area contributed by atoms with Crippen molar-refractivity contribution in [2.24, 2.45) is 5.92 Å². The highest BCUT2D eigenvalue weighted by atomic mass is 16.7. The number of rotatable bonds is 10. The van der Waals surface area contributed by atoms with E-state index in [1.165, 1.54) is 6.92 Å². The molecule has 234 valence electrons. The normalized spacial score (nSPS) is 24.5. The Bertz CT molecular complexity index is 1430. The Morgan fingerprint density at radius 2 is 1.73 bits per heavy atom. The third kappa shape index (κ3) is 7.91. The van der Waals surface area contributed by atoms with Crippen molar-refractivity contribution in [1.82, 2.24) is 10.2 Å². The first-order chi connectivity index (χ1) is 21.2. The maximum atomic E-state index is 12.3. The second kappa shape index (κ2) is 14.5. The number of ether oxygens (including phenoxy) is 3. The van der Waals surface area contributed by atoms with Crippen LogP contribution >= 0.6 is 0 Å². The molecule has 3 aromatic carbocycles. The average molecular weight is 603 g/mol. The van der Waals surface area contributed by atoms with Crippen LogP contribution in [-0.2, 0) is 37.0 Å². The van der Waals surface area contributed by atoms with Crippen molar-refractivity contribution in [3.05, 3.63) is 95.1 Å². The number of nitrogens with zero attached hydrogens (tertiary/aromatic N) is 1. The van der Waals surface area contributed by atoms with Gasteiger partial charge in [0.1, 0.15) is 0 Å². The predicted octanol–water partition coefficient (Wildman–Crippen LogP) is 4.27. The van der Waals surface area contributed by atoms with Crippen LogP contribution in [0.1, 0.15) is 61.8 Å². The van der Waals surface area contributed by atoms with Gasteiger partial charge in [0, 0.05) is 44.6 Å². The highest BCUT2D eigenvalue weighted by Gasteiger charge is 2.40. The van der Waals surface area contributed by atoms with Crippen LogP contribution in [0.3, 0.4) is 0 Å². The van der Waals surface area contributed by atoms with Crippen LogP contribution in [0.25, 0.3) is 11.1 Å². The molecule has 3 N–H and O–H groups in total. The Morgan fingerprint density at radius 3 is 2.41 bits per heavy atom. The molecule has 0 radical (unpaired) electrons. The first-order valence-electron chi connectivity index (χ1n) is 15.3. The molecular weight excluding hydrogens is 560 g/mol. The maximum Gasteiger partial charge on any atom is 0.303 e. The van der Waals surface area contributed by atoms with Crippen LogP contribution in [0.15, 0.2) is 72.8 Å². The zero-order valence-electron chi connectivity index (χ0n) is 25.5. The van der Waals surface area contributed by atoms with E-state index >= 15 is 0 Å². The number of carbonyl (C=O) groups excluding carboxylic acids is 2. The summed E-state index contributed by atoms with van der Waals surface area (Å²) in [7, 11) is 0. The number of esters is 1. The van der Waals surface area contributed by atoms with Crippen molar-refractivity contribution in [1.29, 1.82) is 0 Å². The topological polar surface area (TPSA) is 118 Å². The first kappa shape index (κ1) is 31.8. The summed E-state index contributed by atoms with van der Waals surface area (Å²) in [4.78, 5) is 25.8. The van der Waals surface area contributed by atoms with Gasteiger partial charge in [-0.25, -0.2) is 0 Å². The Morgan fingerprint density at radius 1 is 1.00 bits per heavy atom. The summed E-state index contributed by atoms with van der Waals surface area (Å²) in [6, 6.07) is 23.9. The Kier molecular flexibility index (Phi) is 10.5. The van der Waals surface area contributed by atoms with E-state index in [-0.39, 0.29) is 36.7 Å². The summed E-state index contributed by atoms with van der Waals surface area (Å²) in [5, 5.41) is 22.5. The molecule has 9 nitrogen and oxygen atoms in total. The van der Waals surface area contributed by atoms with Gasteiger partial charge in [0.05, 0.1) is 24.9 Å². The summed E-state index contributed by atoms with van der Waals surface area (Å²) < 4.78 is 18.3. The molecule has 2 aliphatic heterocycles. The van der Waals surface area contributed by atoms with E-state index in [1.54, 1.807) is 6.92 Å². The molecule has 0 aromatic heterocycles. The average Bonchev–Trinajstić information content (AvgIpc) is 3.45. The SMILES string of the molecule is CC(=O)O[C@@H](C)C(=O)NCc1cccc(-c2cccc([C@H]3O[C@@H](CN4CC[C@H](O)C4)[C@@H](C)[C@@H](c4ccc(CO)cc4)O3)c2)c1. The van der Waals surface area contributed by atoms with Gasteiger partial charge in [-0.3, -0.25) is 14.5 Å². The van der Waals surface area contributed by atoms with Crippen molar-refractivity contribution in [3.8, 4) is 11.1 Å². The van der Waals surface area contributed by atoms with Gasteiger partial charge >= 0.3 is 5.97 Å². The number of nitrogens with one attached hydrogen (secondary N) is 1. The number of β-amino-alcohol motifs (C(OH)–C–C–N with tert-alkyl or cyclic N) is 1. The van der Waals surface area contributed by atoms with Gasteiger partial charge in [-0.1, -0.05) is 67.6 Å². The molecule has 2 saturated heterocycles. The Balaban J connectivity index is 1.35. The van der Waals surface area contributed by atoms with Gasteiger partial charge in [-0.05, 0) is 53.3 Å². The van der Waals surface area contributed by atoms with Crippen molar-refractivity contribution in [2.45, 2.75) is 71.0 Å². The summed E-state index contributed by atoms with van der Waals surface area (Å²) in [6.07, 6.45) is -1.34.